The zero-order valence-electron chi connectivity index (χ0n) is 17.3. The number of pyridine rings is 1. The summed E-state index contributed by atoms with van der Waals surface area (Å²) in [6, 6.07) is 20.0. The molecule has 0 bridgehead atoms. The second-order valence-electron chi connectivity index (χ2n) is 7.01. The lowest BCUT2D eigenvalue weighted by Crippen LogP contribution is -2.20. The van der Waals surface area contributed by atoms with E-state index < -0.39 is 0 Å². The van der Waals surface area contributed by atoms with Crippen molar-refractivity contribution in [2.24, 2.45) is 0 Å². The number of ether oxygens (including phenoxy) is 1. The molecule has 0 radical (unpaired) electrons. The van der Waals surface area contributed by atoms with Gasteiger partial charge in [0.15, 0.2) is 0 Å². The lowest BCUT2D eigenvalue weighted by atomic mass is 9.96. The smallest absolute Gasteiger partial charge is 0.266 e. The minimum Gasteiger partial charge on any atom is -0.496 e. The lowest BCUT2D eigenvalue weighted by molar-refractivity contribution is -0.114. The average molecular weight is 411 g/mol. The van der Waals surface area contributed by atoms with Gasteiger partial charge in [-0.15, -0.1) is 0 Å². The molecule has 0 saturated carbocycles. The number of carbonyl (C=O) groups excluding carboxylic acids is 1. The van der Waals surface area contributed by atoms with E-state index in [0.717, 1.165) is 5.56 Å². The summed E-state index contributed by atoms with van der Waals surface area (Å²) in [7, 11) is 1.59. The molecule has 4 rings (SSSR count). The van der Waals surface area contributed by atoms with Gasteiger partial charge < -0.3 is 10.1 Å². The number of hydrogen-bond acceptors (Lipinski definition) is 4. The van der Waals surface area contributed by atoms with Crippen molar-refractivity contribution in [3.63, 3.8) is 0 Å². The van der Waals surface area contributed by atoms with Gasteiger partial charge in [-0.2, -0.15) is 0 Å². The molecule has 0 unspecified atom stereocenters. The maximum atomic E-state index is 13.5. The van der Waals surface area contributed by atoms with Crippen molar-refractivity contribution in [1.29, 1.82) is 0 Å². The first-order valence-electron chi connectivity index (χ1n) is 9.71. The number of aromatic nitrogens is 2. The molecular weight excluding hydrogens is 390 g/mol. The zero-order valence-corrected chi connectivity index (χ0v) is 17.3. The van der Waals surface area contributed by atoms with Crippen LogP contribution >= 0.6 is 0 Å². The highest BCUT2D eigenvalue weighted by Gasteiger charge is 2.20. The fraction of sp³-hybridized carbons (Fsp3) is 0.0800. The Morgan fingerprint density at radius 3 is 2.61 bits per heavy atom. The Morgan fingerprint density at radius 1 is 1.06 bits per heavy atom. The van der Waals surface area contributed by atoms with Crippen LogP contribution in [0, 0.1) is 0 Å². The number of amides is 1. The normalized spacial score (nSPS) is 10.6. The van der Waals surface area contributed by atoms with Gasteiger partial charge in [0.25, 0.3) is 5.56 Å². The third-order valence-electron chi connectivity index (χ3n) is 4.92. The molecule has 0 saturated heterocycles. The molecule has 6 nitrogen and oxygen atoms in total. The minimum atomic E-state index is -0.225. The van der Waals surface area contributed by atoms with Crippen LogP contribution < -0.4 is 15.6 Å². The molecule has 154 valence electrons. The molecule has 2 heterocycles. The van der Waals surface area contributed by atoms with Gasteiger partial charge >= 0.3 is 0 Å². The molecule has 4 aromatic rings. The van der Waals surface area contributed by atoms with Crippen molar-refractivity contribution in [2.45, 2.75) is 6.92 Å². The Kier molecular flexibility index (Phi) is 5.37. The Balaban J connectivity index is 2.00. The summed E-state index contributed by atoms with van der Waals surface area (Å²) in [4.78, 5) is 29.8. The third-order valence-corrected chi connectivity index (χ3v) is 4.92. The number of nitrogens with one attached hydrogen (secondary N) is 1. The molecule has 0 aliphatic carbocycles. The van der Waals surface area contributed by atoms with Gasteiger partial charge in [-0.3, -0.25) is 14.0 Å². The average Bonchev–Trinajstić information content (AvgIpc) is 2.78. The monoisotopic (exact) mass is 411 g/mol. The number of anilines is 1. The van der Waals surface area contributed by atoms with E-state index >= 15 is 0 Å². The predicted octanol–water partition coefficient (Wildman–Crippen LogP) is 4.39. The van der Waals surface area contributed by atoms with E-state index in [-0.39, 0.29) is 11.5 Å². The van der Waals surface area contributed by atoms with Gasteiger partial charge in [0, 0.05) is 29.9 Å². The van der Waals surface area contributed by atoms with E-state index in [1.807, 2.05) is 36.4 Å². The highest BCUT2D eigenvalue weighted by molar-refractivity contribution is 5.91. The second-order valence-corrected chi connectivity index (χ2v) is 7.01. The number of hydrogen-bond donors (Lipinski definition) is 1. The molecule has 31 heavy (non-hydrogen) atoms. The van der Waals surface area contributed by atoms with E-state index in [1.165, 1.54) is 11.3 Å². The summed E-state index contributed by atoms with van der Waals surface area (Å²) in [6.07, 6.45) is 1.68. The van der Waals surface area contributed by atoms with Crippen molar-refractivity contribution in [3.8, 4) is 16.9 Å². The molecule has 6 heteroatoms. The highest BCUT2D eigenvalue weighted by atomic mass is 16.5. The summed E-state index contributed by atoms with van der Waals surface area (Å²) in [5.41, 5.74) is 3.69. The van der Waals surface area contributed by atoms with E-state index in [1.54, 1.807) is 43.6 Å². The SMILES string of the molecule is C=C(c1ccccc1OC)c1nc2ccccn2c(=O)c1-c1cccc(NC(C)=O)c1. The minimum absolute atomic E-state index is 0.191. The van der Waals surface area contributed by atoms with Crippen molar-refractivity contribution in [3.05, 3.63) is 101 Å². The number of rotatable bonds is 5. The first-order valence-corrected chi connectivity index (χ1v) is 9.71. The second kappa shape index (κ2) is 8.28. The van der Waals surface area contributed by atoms with E-state index in [4.69, 9.17) is 9.72 Å². The van der Waals surface area contributed by atoms with Crippen LogP contribution in [0.5, 0.6) is 5.75 Å². The van der Waals surface area contributed by atoms with Crippen LogP contribution in [0.4, 0.5) is 5.69 Å². The van der Waals surface area contributed by atoms with Gasteiger partial charge in [0.05, 0.1) is 18.4 Å². The fourth-order valence-electron chi connectivity index (χ4n) is 3.54. The number of para-hydroxylation sites is 1. The standard InChI is InChI=1S/C25H21N3O3/c1-16(20-11-4-5-12-21(20)31-3)24-23(18-9-8-10-19(15-18)26-17(2)29)25(30)28-14-7-6-13-22(28)27-24/h4-15H,1H2,2-3H3,(H,26,29). The Hall–Kier alpha value is -4.19. The summed E-state index contributed by atoms with van der Waals surface area (Å²) >= 11 is 0. The molecule has 0 aliphatic rings. The van der Waals surface area contributed by atoms with Crippen LogP contribution in [0.15, 0.2) is 84.3 Å². The molecule has 2 aromatic carbocycles. The fourth-order valence-corrected chi connectivity index (χ4v) is 3.54. The van der Waals surface area contributed by atoms with Gasteiger partial charge in [0.1, 0.15) is 11.4 Å². The van der Waals surface area contributed by atoms with Crippen molar-refractivity contribution in [2.75, 3.05) is 12.4 Å². The van der Waals surface area contributed by atoms with Gasteiger partial charge in [-0.1, -0.05) is 43.0 Å². The maximum absolute atomic E-state index is 13.5. The van der Waals surface area contributed by atoms with E-state index in [2.05, 4.69) is 11.9 Å². The molecule has 0 fully saturated rings. The van der Waals surface area contributed by atoms with Crippen molar-refractivity contribution < 1.29 is 9.53 Å². The third kappa shape index (κ3) is 3.83. The van der Waals surface area contributed by atoms with Crippen LogP contribution in [-0.4, -0.2) is 22.4 Å². The van der Waals surface area contributed by atoms with E-state index in [9.17, 15) is 9.59 Å². The van der Waals surface area contributed by atoms with E-state index in [0.29, 0.717) is 39.5 Å². The molecule has 0 aliphatic heterocycles. The first-order chi connectivity index (χ1) is 15.0. The predicted molar refractivity (Wildman–Crippen MR) is 122 cm³/mol. The number of carbonyl (C=O) groups is 1. The number of methoxy groups -OCH3 is 1. The summed E-state index contributed by atoms with van der Waals surface area (Å²) < 4.78 is 6.99. The van der Waals surface area contributed by atoms with Crippen LogP contribution in [-0.2, 0) is 4.79 Å². The molecular formula is C25H21N3O3. The highest BCUT2D eigenvalue weighted by Crippen LogP contribution is 2.33. The zero-order chi connectivity index (χ0) is 22.0. The number of nitrogens with zero attached hydrogens (tertiary/aromatic N) is 2. The first kappa shape index (κ1) is 20.1. The van der Waals surface area contributed by atoms with Crippen LogP contribution in [0.3, 0.4) is 0 Å². The van der Waals surface area contributed by atoms with Crippen LogP contribution in [0.25, 0.3) is 22.3 Å². The molecule has 0 atom stereocenters. The molecule has 1 N–H and O–H groups in total. The summed E-state index contributed by atoms with van der Waals surface area (Å²) in [5, 5.41) is 2.76. The molecule has 1 amide bonds. The summed E-state index contributed by atoms with van der Waals surface area (Å²) in [6.45, 7) is 5.69. The molecule has 2 aromatic heterocycles. The number of fused-ring (bicyclic) bond motifs is 1. The van der Waals surface area contributed by atoms with Gasteiger partial charge in [-0.25, -0.2) is 4.98 Å². The topological polar surface area (TPSA) is 72.7 Å². The Labute approximate surface area is 179 Å². The van der Waals surface area contributed by atoms with Gasteiger partial charge in [0.2, 0.25) is 5.91 Å². The van der Waals surface area contributed by atoms with Gasteiger partial charge in [-0.05, 0) is 35.9 Å². The van der Waals surface area contributed by atoms with Crippen molar-refractivity contribution >= 4 is 22.8 Å². The molecule has 0 spiro atoms. The maximum Gasteiger partial charge on any atom is 0.266 e. The quantitative estimate of drug-likeness (QED) is 0.529. The van der Waals surface area contributed by atoms with Crippen LogP contribution in [0.2, 0.25) is 0 Å². The number of benzene rings is 2. The lowest BCUT2D eigenvalue weighted by Gasteiger charge is -2.16. The Bertz CT molecular complexity index is 1370. The van der Waals surface area contributed by atoms with Crippen molar-refractivity contribution in [1.82, 2.24) is 9.38 Å². The Morgan fingerprint density at radius 2 is 1.84 bits per heavy atom. The summed E-state index contributed by atoms with van der Waals surface area (Å²) in [5.74, 6) is 0.449. The largest absolute Gasteiger partial charge is 0.496 e. The van der Waals surface area contributed by atoms with Crippen LogP contribution in [0.1, 0.15) is 18.2 Å².